The van der Waals surface area contributed by atoms with E-state index >= 15 is 0 Å². The zero-order valence-electron chi connectivity index (χ0n) is 12.3. The van der Waals surface area contributed by atoms with Crippen LogP contribution in [0, 0.1) is 0 Å². The van der Waals surface area contributed by atoms with Gasteiger partial charge in [0.05, 0.1) is 11.3 Å². The quantitative estimate of drug-likeness (QED) is 0.724. The molecule has 1 aliphatic rings. The van der Waals surface area contributed by atoms with Crippen LogP contribution in [0.15, 0.2) is 24.3 Å². The number of hydrogen-bond acceptors (Lipinski definition) is 5. The number of carbonyl (C=O) groups is 3. The molecule has 0 aliphatic heterocycles. The van der Waals surface area contributed by atoms with Gasteiger partial charge in [0, 0.05) is 13.2 Å². The summed E-state index contributed by atoms with van der Waals surface area (Å²) in [4.78, 5) is 35.0. The number of methoxy groups -OCH3 is 1. The maximum Gasteiger partial charge on any atom is 0.332 e. The van der Waals surface area contributed by atoms with Crippen molar-refractivity contribution in [3.63, 3.8) is 0 Å². The molecule has 2 amide bonds. The minimum Gasteiger partial charge on any atom is -0.454 e. The average Bonchev–Trinajstić information content (AvgIpc) is 3.30. The molecule has 0 heterocycles. The molecule has 7 nitrogen and oxygen atoms in total. The first-order valence-corrected chi connectivity index (χ1v) is 6.94. The molecule has 0 unspecified atom stereocenters. The second-order valence-corrected chi connectivity index (χ2v) is 4.94. The number of amides is 2. The third-order valence-corrected chi connectivity index (χ3v) is 2.98. The first-order valence-electron chi connectivity index (χ1n) is 6.94. The van der Waals surface area contributed by atoms with Crippen LogP contribution >= 0.6 is 0 Å². The van der Waals surface area contributed by atoms with E-state index in [0.29, 0.717) is 11.3 Å². The lowest BCUT2D eigenvalue weighted by Gasteiger charge is -2.11. The summed E-state index contributed by atoms with van der Waals surface area (Å²) in [5.74, 6) is -1.37. The number of carbonyl (C=O) groups excluding carboxylic acids is 3. The van der Waals surface area contributed by atoms with E-state index < -0.39 is 18.5 Å². The lowest BCUT2D eigenvalue weighted by Crippen LogP contribution is -2.28. The number of nitrogens with one attached hydrogen (secondary N) is 2. The number of esters is 1. The highest BCUT2D eigenvalue weighted by Gasteiger charge is 2.25. The number of hydrogen-bond donors (Lipinski definition) is 2. The van der Waals surface area contributed by atoms with Crippen LogP contribution in [0.5, 0.6) is 0 Å². The minimum atomic E-state index is -0.627. The molecule has 2 N–H and O–H groups in total. The van der Waals surface area contributed by atoms with Gasteiger partial charge >= 0.3 is 5.97 Å². The molecule has 2 rings (SSSR count). The first kappa shape index (κ1) is 16.0. The summed E-state index contributed by atoms with van der Waals surface area (Å²) in [6, 6.07) is 6.91. The second kappa shape index (κ2) is 7.56. The Morgan fingerprint density at radius 3 is 2.59 bits per heavy atom. The van der Waals surface area contributed by atoms with Crippen LogP contribution in [0.25, 0.3) is 0 Å². The van der Waals surface area contributed by atoms with E-state index in [1.165, 1.54) is 7.11 Å². The molecule has 0 atom stereocenters. The number of ether oxygens (including phenoxy) is 2. The third-order valence-electron chi connectivity index (χ3n) is 2.98. The fourth-order valence-corrected chi connectivity index (χ4v) is 1.77. The zero-order valence-corrected chi connectivity index (χ0v) is 12.3. The van der Waals surface area contributed by atoms with Crippen molar-refractivity contribution in [3.05, 3.63) is 29.8 Å². The van der Waals surface area contributed by atoms with Crippen molar-refractivity contribution >= 4 is 23.5 Å². The smallest absolute Gasteiger partial charge is 0.332 e. The Kier molecular flexibility index (Phi) is 5.48. The van der Waals surface area contributed by atoms with E-state index in [2.05, 4.69) is 15.4 Å². The van der Waals surface area contributed by atoms with Crippen molar-refractivity contribution in [3.8, 4) is 0 Å². The van der Waals surface area contributed by atoms with Gasteiger partial charge in [0.2, 0.25) is 0 Å². The Hall–Kier alpha value is -2.41. The van der Waals surface area contributed by atoms with Gasteiger partial charge < -0.3 is 20.1 Å². The molecule has 118 valence electrons. The summed E-state index contributed by atoms with van der Waals surface area (Å²) in [5, 5.41) is 5.42. The summed E-state index contributed by atoms with van der Waals surface area (Å²) in [5.41, 5.74) is 0.763. The number of anilines is 1. The summed E-state index contributed by atoms with van der Waals surface area (Å²) in [7, 11) is 1.36. The Bertz CT molecular complexity index is 569. The second-order valence-electron chi connectivity index (χ2n) is 4.94. The van der Waals surface area contributed by atoms with Crippen LogP contribution in [0.4, 0.5) is 5.69 Å². The van der Waals surface area contributed by atoms with Gasteiger partial charge in [0.15, 0.2) is 6.61 Å². The van der Waals surface area contributed by atoms with Gasteiger partial charge in [0.1, 0.15) is 6.61 Å². The molecule has 7 heteroatoms. The summed E-state index contributed by atoms with van der Waals surface area (Å²) in [6.07, 6.45) is 1.96. The topological polar surface area (TPSA) is 93.7 Å². The van der Waals surface area contributed by atoms with Gasteiger partial charge in [-0.1, -0.05) is 12.1 Å². The van der Waals surface area contributed by atoms with Crippen LogP contribution in [0.3, 0.4) is 0 Å². The molecule has 1 aromatic carbocycles. The van der Waals surface area contributed by atoms with Crippen molar-refractivity contribution in [2.24, 2.45) is 0 Å². The van der Waals surface area contributed by atoms with E-state index in [1.807, 2.05) is 0 Å². The van der Waals surface area contributed by atoms with Crippen molar-refractivity contribution in [2.75, 3.05) is 25.6 Å². The molecule has 22 heavy (non-hydrogen) atoms. The standard InChI is InChI=1S/C15H18N2O5/c1-21-9-14(19)22-8-13(18)17-12-5-3-2-4-11(12)15(20)16-10-6-7-10/h2-5,10H,6-9H2,1H3,(H,16,20)(H,17,18). The van der Waals surface area contributed by atoms with Gasteiger partial charge in [-0.3, -0.25) is 9.59 Å². The Morgan fingerprint density at radius 2 is 1.91 bits per heavy atom. The van der Waals surface area contributed by atoms with E-state index in [9.17, 15) is 14.4 Å². The highest BCUT2D eigenvalue weighted by Crippen LogP contribution is 2.21. The molecular weight excluding hydrogens is 288 g/mol. The predicted molar refractivity (Wildman–Crippen MR) is 78.4 cm³/mol. The fraction of sp³-hybridized carbons (Fsp3) is 0.400. The average molecular weight is 306 g/mol. The van der Waals surface area contributed by atoms with Gasteiger partial charge in [-0.15, -0.1) is 0 Å². The van der Waals surface area contributed by atoms with Crippen LogP contribution in [-0.4, -0.2) is 44.1 Å². The molecule has 1 aromatic rings. The largest absolute Gasteiger partial charge is 0.454 e. The van der Waals surface area contributed by atoms with E-state index in [4.69, 9.17) is 4.74 Å². The van der Waals surface area contributed by atoms with Crippen molar-refractivity contribution in [1.29, 1.82) is 0 Å². The van der Waals surface area contributed by atoms with E-state index in [0.717, 1.165) is 12.8 Å². The fourth-order valence-electron chi connectivity index (χ4n) is 1.77. The molecule has 1 aliphatic carbocycles. The number of para-hydroxylation sites is 1. The normalized spacial score (nSPS) is 13.3. The summed E-state index contributed by atoms with van der Waals surface area (Å²) in [6.45, 7) is -0.644. The van der Waals surface area contributed by atoms with Crippen molar-refractivity contribution < 1.29 is 23.9 Å². The van der Waals surface area contributed by atoms with Gasteiger partial charge in [-0.2, -0.15) is 0 Å². The molecule has 0 aromatic heterocycles. The highest BCUT2D eigenvalue weighted by atomic mass is 16.6. The number of rotatable bonds is 7. The molecule has 1 fully saturated rings. The van der Waals surface area contributed by atoms with Gasteiger partial charge in [0.25, 0.3) is 11.8 Å². The first-order chi connectivity index (χ1) is 10.6. The third kappa shape index (κ3) is 4.85. The van der Waals surface area contributed by atoms with Crippen LogP contribution in [0.1, 0.15) is 23.2 Å². The van der Waals surface area contributed by atoms with Crippen molar-refractivity contribution in [2.45, 2.75) is 18.9 Å². The Morgan fingerprint density at radius 1 is 1.18 bits per heavy atom. The predicted octanol–water partition coefficient (Wildman–Crippen LogP) is 0.707. The van der Waals surface area contributed by atoms with Crippen molar-refractivity contribution in [1.82, 2.24) is 5.32 Å². The summed E-state index contributed by atoms with van der Waals surface area (Å²) < 4.78 is 9.30. The molecule has 0 bridgehead atoms. The minimum absolute atomic E-state index is 0.215. The lowest BCUT2D eigenvalue weighted by molar-refractivity contribution is -0.150. The Labute approximate surface area is 128 Å². The Balaban J connectivity index is 1.92. The SMILES string of the molecule is COCC(=O)OCC(=O)Nc1ccccc1C(=O)NC1CC1. The van der Waals surface area contributed by atoms with Crippen LogP contribution < -0.4 is 10.6 Å². The number of benzene rings is 1. The van der Waals surface area contributed by atoms with Gasteiger partial charge in [-0.25, -0.2) is 4.79 Å². The molecular formula is C15H18N2O5. The maximum atomic E-state index is 12.1. The molecule has 0 saturated heterocycles. The monoisotopic (exact) mass is 306 g/mol. The van der Waals surface area contributed by atoms with E-state index in [-0.39, 0.29) is 18.6 Å². The molecule has 0 spiro atoms. The summed E-state index contributed by atoms with van der Waals surface area (Å²) >= 11 is 0. The highest BCUT2D eigenvalue weighted by molar-refractivity contribution is 6.04. The molecule has 0 radical (unpaired) electrons. The van der Waals surface area contributed by atoms with Crippen LogP contribution in [-0.2, 0) is 19.1 Å². The molecule has 1 saturated carbocycles. The van der Waals surface area contributed by atoms with Crippen LogP contribution in [0.2, 0.25) is 0 Å². The van der Waals surface area contributed by atoms with Gasteiger partial charge in [-0.05, 0) is 25.0 Å². The maximum absolute atomic E-state index is 12.1. The van der Waals surface area contributed by atoms with E-state index in [1.54, 1.807) is 24.3 Å². The zero-order chi connectivity index (χ0) is 15.9. The lowest BCUT2D eigenvalue weighted by atomic mass is 10.1.